The van der Waals surface area contributed by atoms with Gasteiger partial charge >= 0.3 is 0 Å². The first kappa shape index (κ1) is 40.0. The Balaban J connectivity index is 1.12. The molecule has 0 N–H and O–H groups in total. The minimum atomic E-state index is -0.485. The summed E-state index contributed by atoms with van der Waals surface area (Å²) in [6, 6.07) is 50.9. The molecule has 0 amide bonds. The highest BCUT2D eigenvalue weighted by atomic mass is 16.1. The quantitative estimate of drug-likeness (QED) is 0.130. The van der Waals surface area contributed by atoms with Crippen LogP contribution in [0.15, 0.2) is 179 Å². The molecule has 2 aliphatic rings. The second-order valence-corrected chi connectivity index (χ2v) is 16.1. The standard InChI is InChI=1S/C55H48N2O3/c1-33-17-13-15-23-45(33)51-47(35(3)56-37(5)49(51)54(59)41-19-9-7-10-20-41)39-25-29-43(30-26-39)53(58)44-31-27-40(28-32-44)48-36(4)57-38(6)50(55(60)42-21-11-8-12-22-42)52(48)46-24-16-14-18-34(46)2/h7-32,49-52H,1-6H3. The van der Waals surface area contributed by atoms with Gasteiger partial charge in [-0.1, -0.05) is 158 Å². The predicted molar refractivity (Wildman–Crippen MR) is 244 cm³/mol. The largest absolute Gasteiger partial charge is 0.293 e. The summed E-state index contributed by atoms with van der Waals surface area (Å²) in [6.45, 7) is 12.1. The van der Waals surface area contributed by atoms with Crippen molar-refractivity contribution in [3.05, 3.63) is 225 Å². The van der Waals surface area contributed by atoms with E-state index in [2.05, 4.69) is 38.1 Å². The molecule has 0 aliphatic carbocycles. The minimum Gasteiger partial charge on any atom is -0.293 e. The van der Waals surface area contributed by atoms with Gasteiger partial charge in [0.2, 0.25) is 0 Å². The molecule has 0 radical (unpaired) electrons. The monoisotopic (exact) mass is 784 g/mol. The highest BCUT2D eigenvalue weighted by molar-refractivity contribution is 6.16. The van der Waals surface area contributed by atoms with E-state index < -0.39 is 11.8 Å². The second-order valence-electron chi connectivity index (χ2n) is 16.1. The van der Waals surface area contributed by atoms with Crippen molar-refractivity contribution in [3.8, 4) is 0 Å². The number of carbonyl (C=O) groups is 3. The van der Waals surface area contributed by atoms with E-state index in [0.29, 0.717) is 22.3 Å². The van der Waals surface area contributed by atoms with Crippen molar-refractivity contribution in [2.75, 3.05) is 0 Å². The van der Waals surface area contributed by atoms with Gasteiger partial charge in [0.15, 0.2) is 17.3 Å². The van der Waals surface area contributed by atoms with Gasteiger partial charge in [-0.05, 0) is 86.1 Å². The van der Waals surface area contributed by atoms with Crippen molar-refractivity contribution >= 4 is 39.9 Å². The summed E-state index contributed by atoms with van der Waals surface area (Å²) in [5.41, 5.74) is 13.9. The Morgan fingerprint density at radius 1 is 0.383 bits per heavy atom. The number of hydrogen-bond donors (Lipinski definition) is 0. The maximum atomic E-state index is 14.3. The molecule has 5 nitrogen and oxygen atoms in total. The summed E-state index contributed by atoms with van der Waals surface area (Å²) in [5, 5.41) is 0. The van der Waals surface area contributed by atoms with Gasteiger partial charge in [-0.3, -0.25) is 24.4 Å². The van der Waals surface area contributed by atoms with Crippen LogP contribution in [0.1, 0.15) is 110 Å². The Labute approximate surface area is 353 Å². The summed E-state index contributed by atoms with van der Waals surface area (Å²) < 4.78 is 0. The van der Waals surface area contributed by atoms with Crippen LogP contribution >= 0.6 is 0 Å². The zero-order chi connectivity index (χ0) is 42.1. The van der Waals surface area contributed by atoms with Crippen LogP contribution in [-0.2, 0) is 0 Å². The number of rotatable bonds is 10. The fourth-order valence-electron chi connectivity index (χ4n) is 9.39. The van der Waals surface area contributed by atoms with Crippen LogP contribution < -0.4 is 0 Å². The maximum absolute atomic E-state index is 14.3. The number of nitrogens with zero attached hydrogens (tertiary/aromatic N) is 2. The molecule has 0 saturated heterocycles. The summed E-state index contributed by atoms with van der Waals surface area (Å²) in [5.74, 6) is -1.52. The first-order valence-electron chi connectivity index (χ1n) is 20.6. The molecule has 6 aromatic rings. The summed E-state index contributed by atoms with van der Waals surface area (Å²) >= 11 is 0. The van der Waals surface area contributed by atoms with Gasteiger partial charge in [-0.15, -0.1) is 0 Å². The average molecular weight is 785 g/mol. The Kier molecular flexibility index (Phi) is 11.2. The molecule has 60 heavy (non-hydrogen) atoms. The van der Waals surface area contributed by atoms with Gasteiger partial charge in [0.1, 0.15) is 0 Å². The van der Waals surface area contributed by atoms with E-state index in [1.807, 2.05) is 161 Å². The summed E-state index contributed by atoms with van der Waals surface area (Å²) in [4.78, 5) is 52.6. The normalized spacial score (nSPS) is 19.1. The zero-order valence-electron chi connectivity index (χ0n) is 34.9. The van der Waals surface area contributed by atoms with Crippen molar-refractivity contribution in [2.24, 2.45) is 21.8 Å². The van der Waals surface area contributed by atoms with E-state index in [4.69, 9.17) is 9.98 Å². The molecule has 0 saturated carbocycles. The summed E-state index contributed by atoms with van der Waals surface area (Å²) in [6.07, 6.45) is 0. The van der Waals surface area contributed by atoms with Crippen LogP contribution in [0.4, 0.5) is 0 Å². The van der Waals surface area contributed by atoms with Crippen LogP contribution in [0.25, 0.3) is 11.1 Å². The minimum absolute atomic E-state index is 0.0370. The molecule has 4 atom stereocenters. The molecule has 2 aliphatic heterocycles. The lowest BCUT2D eigenvalue weighted by Crippen LogP contribution is -2.33. The van der Waals surface area contributed by atoms with E-state index in [0.717, 1.165) is 67.3 Å². The van der Waals surface area contributed by atoms with E-state index in [9.17, 15) is 14.4 Å². The van der Waals surface area contributed by atoms with E-state index in [1.165, 1.54) is 0 Å². The molecule has 8 rings (SSSR count). The fourth-order valence-corrected chi connectivity index (χ4v) is 9.39. The molecule has 4 unspecified atom stereocenters. The molecule has 0 spiro atoms. The number of ketones is 3. The fraction of sp³-hybridized carbons (Fsp3) is 0.182. The van der Waals surface area contributed by atoms with Crippen molar-refractivity contribution in [1.82, 2.24) is 0 Å². The van der Waals surface area contributed by atoms with Crippen molar-refractivity contribution in [3.63, 3.8) is 0 Å². The number of Topliss-reactive ketones (excluding diaryl/α,β-unsaturated/α-hetero) is 2. The number of benzene rings is 6. The summed E-state index contributed by atoms with van der Waals surface area (Å²) in [7, 11) is 0. The van der Waals surface area contributed by atoms with Crippen molar-refractivity contribution in [1.29, 1.82) is 0 Å². The van der Waals surface area contributed by atoms with E-state index in [-0.39, 0.29) is 29.2 Å². The Morgan fingerprint density at radius 3 is 1.07 bits per heavy atom. The lowest BCUT2D eigenvalue weighted by Gasteiger charge is -2.34. The highest BCUT2D eigenvalue weighted by Gasteiger charge is 2.41. The lowest BCUT2D eigenvalue weighted by molar-refractivity contribution is 0.0939. The first-order chi connectivity index (χ1) is 29.0. The highest BCUT2D eigenvalue weighted by Crippen LogP contribution is 2.48. The van der Waals surface area contributed by atoms with E-state index in [1.54, 1.807) is 0 Å². The zero-order valence-corrected chi connectivity index (χ0v) is 34.9. The molecular weight excluding hydrogens is 737 g/mol. The van der Waals surface area contributed by atoms with Crippen molar-refractivity contribution in [2.45, 2.75) is 53.4 Å². The number of aryl methyl sites for hydroxylation is 2. The van der Waals surface area contributed by atoms with Gasteiger partial charge in [0, 0.05) is 56.9 Å². The molecule has 0 aromatic heterocycles. The molecular formula is C55H48N2O3. The Morgan fingerprint density at radius 2 is 0.717 bits per heavy atom. The third kappa shape index (κ3) is 7.48. The second kappa shape index (κ2) is 16.8. The molecule has 296 valence electrons. The van der Waals surface area contributed by atoms with Gasteiger partial charge in [0.05, 0.1) is 11.8 Å². The van der Waals surface area contributed by atoms with Crippen LogP contribution in [-0.4, -0.2) is 28.8 Å². The third-order valence-electron chi connectivity index (χ3n) is 12.3. The van der Waals surface area contributed by atoms with Crippen LogP contribution in [0.2, 0.25) is 0 Å². The third-order valence-corrected chi connectivity index (χ3v) is 12.3. The Hall–Kier alpha value is -6.85. The van der Waals surface area contributed by atoms with Gasteiger partial charge in [-0.25, -0.2) is 0 Å². The van der Waals surface area contributed by atoms with E-state index >= 15 is 0 Å². The lowest BCUT2D eigenvalue weighted by atomic mass is 9.70. The number of hydrogen-bond acceptors (Lipinski definition) is 5. The van der Waals surface area contributed by atoms with Gasteiger partial charge < -0.3 is 0 Å². The maximum Gasteiger partial charge on any atom is 0.193 e. The SMILES string of the molecule is CC1=NC(C)=C(c2ccc(C(=O)c3ccc(C4=C(C)N=C(C)C(C(=O)c5ccccc5)C4c4ccccc4C)cc3)cc2)C(c2ccccc2C)C1C(=O)c1ccccc1. The van der Waals surface area contributed by atoms with Gasteiger partial charge in [-0.2, -0.15) is 0 Å². The number of aliphatic imine (C=N–C) groups is 2. The van der Waals surface area contributed by atoms with Crippen LogP contribution in [0, 0.1) is 25.7 Å². The molecule has 0 fully saturated rings. The molecule has 5 heteroatoms. The van der Waals surface area contributed by atoms with Gasteiger partial charge in [0.25, 0.3) is 0 Å². The predicted octanol–water partition coefficient (Wildman–Crippen LogP) is 12.5. The molecule has 0 bridgehead atoms. The average Bonchev–Trinajstić information content (AvgIpc) is 3.26. The molecule has 2 heterocycles. The smallest absolute Gasteiger partial charge is 0.193 e. The van der Waals surface area contributed by atoms with Crippen LogP contribution in [0.5, 0.6) is 0 Å². The topological polar surface area (TPSA) is 75.9 Å². The Bertz CT molecular complexity index is 2560. The number of allylic oxidation sites excluding steroid dienone is 4. The van der Waals surface area contributed by atoms with Crippen molar-refractivity contribution < 1.29 is 14.4 Å². The van der Waals surface area contributed by atoms with Crippen LogP contribution in [0.3, 0.4) is 0 Å². The number of carbonyl (C=O) groups excluding carboxylic acids is 3. The molecule has 6 aromatic carbocycles. The first-order valence-corrected chi connectivity index (χ1v) is 20.6.